The SMILES string of the molecule is CC(C)C[C@@H](C#Cc1ccccc1)CC(=O)c1ccccc1N. The van der Waals surface area contributed by atoms with E-state index in [2.05, 4.69) is 25.7 Å². The zero-order chi connectivity index (χ0) is 16.7. The van der Waals surface area contributed by atoms with Gasteiger partial charge in [-0.15, -0.1) is 0 Å². The van der Waals surface area contributed by atoms with Gasteiger partial charge in [0.2, 0.25) is 0 Å². The maximum Gasteiger partial charge on any atom is 0.166 e. The van der Waals surface area contributed by atoms with Gasteiger partial charge in [0, 0.05) is 29.2 Å². The smallest absolute Gasteiger partial charge is 0.166 e. The average molecular weight is 305 g/mol. The predicted octanol–water partition coefficient (Wildman–Crippen LogP) is 4.56. The zero-order valence-electron chi connectivity index (χ0n) is 13.8. The van der Waals surface area contributed by atoms with Crippen LogP contribution in [-0.4, -0.2) is 5.78 Å². The van der Waals surface area contributed by atoms with Gasteiger partial charge < -0.3 is 5.73 Å². The van der Waals surface area contributed by atoms with Gasteiger partial charge in [0.1, 0.15) is 0 Å². The molecule has 0 spiro atoms. The van der Waals surface area contributed by atoms with Crippen LogP contribution >= 0.6 is 0 Å². The summed E-state index contributed by atoms with van der Waals surface area (Å²) < 4.78 is 0. The van der Waals surface area contributed by atoms with E-state index in [1.54, 1.807) is 12.1 Å². The predicted molar refractivity (Wildman–Crippen MR) is 96.1 cm³/mol. The monoisotopic (exact) mass is 305 g/mol. The van der Waals surface area contributed by atoms with Crippen molar-refractivity contribution in [2.24, 2.45) is 11.8 Å². The molecule has 0 bridgehead atoms. The van der Waals surface area contributed by atoms with Crippen LogP contribution < -0.4 is 5.73 Å². The summed E-state index contributed by atoms with van der Waals surface area (Å²) in [4.78, 5) is 12.5. The second-order valence-corrected chi connectivity index (χ2v) is 6.18. The van der Waals surface area contributed by atoms with Crippen molar-refractivity contribution in [3.8, 4) is 11.8 Å². The number of ketones is 1. The van der Waals surface area contributed by atoms with Gasteiger partial charge in [-0.2, -0.15) is 0 Å². The fourth-order valence-corrected chi connectivity index (χ4v) is 2.55. The highest BCUT2D eigenvalue weighted by Gasteiger charge is 2.16. The van der Waals surface area contributed by atoms with Crippen molar-refractivity contribution in [3.63, 3.8) is 0 Å². The van der Waals surface area contributed by atoms with Crippen LogP contribution in [0.4, 0.5) is 5.69 Å². The third-order valence-electron chi connectivity index (χ3n) is 3.64. The van der Waals surface area contributed by atoms with Crippen molar-refractivity contribution in [3.05, 3.63) is 65.7 Å². The van der Waals surface area contributed by atoms with E-state index in [9.17, 15) is 4.79 Å². The fraction of sp³-hybridized carbons (Fsp3) is 0.286. The van der Waals surface area contributed by atoms with Crippen LogP contribution in [0.15, 0.2) is 54.6 Å². The molecule has 0 fully saturated rings. The fourth-order valence-electron chi connectivity index (χ4n) is 2.55. The molecule has 118 valence electrons. The highest BCUT2D eigenvalue weighted by atomic mass is 16.1. The third kappa shape index (κ3) is 5.30. The topological polar surface area (TPSA) is 43.1 Å². The van der Waals surface area contributed by atoms with Crippen molar-refractivity contribution in [2.75, 3.05) is 5.73 Å². The lowest BCUT2D eigenvalue weighted by molar-refractivity contribution is 0.0968. The minimum Gasteiger partial charge on any atom is -0.398 e. The molecule has 0 aliphatic heterocycles. The maximum absolute atomic E-state index is 12.5. The molecule has 0 heterocycles. The summed E-state index contributed by atoms with van der Waals surface area (Å²) >= 11 is 0. The van der Waals surface area contributed by atoms with Crippen LogP contribution in [0.25, 0.3) is 0 Å². The Balaban J connectivity index is 2.15. The number of benzene rings is 2. The molecule has 0 radical (unpaired) electrons. The highest BCUT2D eigenvalue weighted by molar-refractivity contribution is 6.00. The molecule has 2 rings (SSSR count). The van der Waals surface area contributed by atoms with Gasteiger partial charge in [0.25, 0.3) is 0 Å². The molecule has 23 heavy (non-hydrogen) atoms. The molecule has 2 heteroatoms. The summed E-state index contributed by atoms with van der Waals surface area (Å²) in [6.07, 6.45) is 1.31. The molecule has 2 aromatic rings. The van der Waals surface area contributed by atoms with E-state index in [1.807, 2.05) is 42.5 Å². The Morgan fingerprint density at radius 3 is 2.35 bits per heavy atom. The Labute approximate surface area is 138 Å². The van der Waals surface area contributed by atoms with E-state index >= 15 is 0 Å². The number of rotatable bonds is 5. The zero-order valence-corrected chi connectivity index (χ0v) is 13.8. The van der Waals surface area contributed by atoms with Crippen LogP contribution in [0.3, 0.4) is 0 Å². The first-order chi connectivity index (χ1) is 11.1. The molecule has 0 aliphatic carbocycles. The molecule has 0 amide bonds. The lowest BCUT2D eigenvalue weighted by Crippen LogP contribution is -2.11. The summed E-state index contributed by atoms with van der Waals surface area (Å²) in [6.45, 7) is 4.30. The van der Waals surface area contributed by atoms with Crippen molar-refractivity contribution in [1.29, 1.82) is 0 Å². The Morgan fingerprint density at radius 1 is 1.04 bits per heavy atom. The van der Waals surface area contributed by atoms with Crippen molar-refractivity contribution in [2.45, 2.75) is 26.7 Å². The molecule has 0 unspecified atom stereocenters. The molecule has 2 nitrogen and oxygen atoms in total. The van der Waals surface area contributed by atoms with Crippen LogP contribution in [0.5, 0.6) is 0 Å². The van der Waals surface area contributed by atoms with Gasteiger partial charge in [-0.25, -0.2) is 0 Å². The third-order valence-corrected chi connectivity index (χ3v) is 3.64. The molecule has 1 atom stereocenters. The van der Waals surface area contributed by atoms with Gasteiger partial charge in [0.15, 0.2) is 5.78 Å². The summed E-state index contributed by atoms with van der Waals surface area (Å²) in [6, 6.07) is 17.1. The maximum atomic E-state index is 12.5. The summed E-state index contributed by atoms with van der Waals surface area (Å²) in [7, 11) is 0. The number of carbonyl (C=O) groups excluding carboxylic acids is 1. The minimum absolute atomic E-state index is 0.0438. The number of hydrogen-bond donors (Lipinski definition) is 1. The second-order valence-electron chi connectivity index (χ2n) is 6.18. The van der Waals surface area contributed by atoms with Crippen LogP contribution in [-0.2, 0) is 0 Å². The number of carbonyl (C=O) groups is 1. The highest BCUT2D eigenvalue weighted by Crippen LogP contribution is 2.20. The van der Waals surface area contributed by atoms with Crippen molar-refractivity contribution >= 4 is 11.5 Å². The second kappa shape index (κ2) is 8.19. The number of nitrogens with two attached hydrogens (primary N) is 1. The average Bonchev–Trinajstić information content (AvgIpc) is 2.53. The van der Waals surface area contributed by atoms with E-state index in [0.717, 1.165) is 12.0 Å². The first-order valence-corrected chi connectivity index (χ1v) is 8.00. The normalized spacial score (nSPS) is 11.6. The van der Waals surface area contributed by atoms with Crippen LogP contribution in [0.1, 0.15) is 42.6 Å². The van der Waals surface area contributed by atoms with Gasteiger partial charge in [-0.05, 0) is 36.6 Å². The number of nitrogen functional groups attached to an aromatic ring is 1. The Hall–Kier alpha value is -2.53. The number of Topliss-reactive ketones (excluding diaryl/α,β-unsaturated/α-hetero) is 1. The van der Waals surface area contributed by atoms with E-state index < -0.39 is 0 Å². The van der Waals surface area contributed by atoms with E-state index in [1.165, 1.54) is 0 Å². The largest absolute Gasteiger partial charge is 0.398 e. The minimum atomic E-state index is 0.0438. The van der Waals surface area contributed by atoms with Gasteiger partial charge >= 0.3 is 0 Å². The Morgan fingerprint density at radius 2 is 1.70 bits per heavy atom. The molecule has 0 saturated carbocycles. The number of hydrogen-bond acceptors (Lipinski definition) is 2. The first-order valence-electron chi connectivity index (χ1n) is 8.00. The van der Waals surface area contributed by atoms with Crippen LogP contribution in [0, 0.1) is 23.7 Å². The van der Waals surface area contributed by atoms with Gasteiger partial charge in [-0.3, -0.25) is 4.79 Å². The Kier molecular flexibility index (Phi) is 6.00. The summed E-state index contributed by atoms with van der Waals surface area (Å²) in [5.74, 6) is 7.07. The van der Waals surface area contributed by atoms with Gasteiger partial charge in [0.05, 0.1) is 0 Å². The number of anilines is 1. The number of para-hydroxylation sites is 1. The lowest BCUT2D eigenvalue weighted by atomic mass is 9.90. The standard InChI is InChI=1S/C21H23NO/c1-16(2)14-18(13-12-17-8-4-3-5-9-17)15-21(23)19-10-6-7-11-20(19)22/h3-11,16,18H,14-15,22H2,1-2H3/t18-/m1/s1. The molecular weight excluding hydrogens is 282 g/mol. The Bertz CT molecular complexity index is 707. The summed E-state index contributed by atoms with van der Waals surface area (Å²) in [5, 5.41) is 0. The van der Waals surface area contributed by atoms with E-state index in [4.69, 9.17) is 5.73 Å². The summed E-state index contributed by atoms with van der Waals surface area (Å²) in [5.41, 5.74) is 8.02. The first kappa shape index (κ1) is 16.8. The molecular formula is C21H23NO. The van der Waals surface area contributed by atoms with Crippen molar-refractivity contribution < 1.29 is 4.79 Å². The lowest BCUT2D eigenvalue weighted by Gasteiger charge is -2.13. The van der Waals surface area contributed by atoms with Crippen molar-refractivity contribution in [1.82, 2.24) is 0 Å². The molecule has 2 N–H and O–H groups in total. The van der Waals surface area contributed by atoms with Gasteiger partial charge in [-0.1, -0.05) is 56.0 Å². The quantitative estimate of drug-likeness (QED) is 0.500. The molecule has 0 aliphatic rings. The van der Waals surface area contributed by atoms with Crippen LogP contribution in [0.2, 0.25) is 0 Å². The molecule has 0 saturated heterocycles. The van der Waals surface area contributed by atoms with E-state index in [0.29, 0.717) is 23.6 Å². The van der Waals surface area contributed by atoms with E-state index in [-0.39, 0.29) is 11.7 Å². The molecule has 2 aromatic carbocycles. The molecule has 0 aromatic heterocycles.